The first-order valence-electron chi connectivity index (χ1n) is 13.9. The van der Waals surface area contributed by atoms with Crippen molar-refractivity contribution < 1.29 is 27.2 Å². The van der Waals surface area contributed by atoms with Crippen LogP contribution in [0.15, 0.2) is 35.4 Å². The van der Waals surface area contributed by atoms with Gasteiger partial charge in [-0.3, -0.25) is 19.3 Å². The number of anilines is 2. The molecule has 1 saturated carbocycles. The largest absolute Gasteiger partial charge is 0.417 e. The average molecular weight is 621 g/mol. The van der Waals surface area contributed by atoms with Crippen LogP contribution >= 0.6 is 11.3 Å². The van der Waals surface area contributed by atoms with Crippen LogP contribution in [0.1, 0.15) is 52.3 Å². The van der Waals surface area contributed by atoms with Gasteiger partial charge in [0, 0.05) is 62.7 Å². The Bertz CT molecular complexity index is 1590. The van der Waals surface area contributed by atoms with E-state index in [0.717, 1.165) is 24.2 Å². The minimum atomic E-state index is -4.96. The van der Waals surface area contributed by atoms with Crippen molar-refractivity contribution in [2.75, 3.05) is 43.9 Å². The van der Waals surface area contributed by atoms with E-state index in [9.17, 15) is 27.6 Å². The van der Waals surface area contributed by atoms with Crippen LogP contribution in [0.3, 0.4) is 0 Å². The monoisotopic (exact) mass is 620 g/mol. The van der Waals surface area contributed by atoms with Gasteiger partial charge in [0.2, 0.25) is 5.56 Å². The SMILES string of the molecule is CC1CN(c2cc(F)c(-c3ncc(C(=O)N(C)CC4CC4)s3)cc2NC(=O)c2c[nH]c(=O)cc2C(F)(F)F)CC(C)N1C. The third-order valence-electron chi connectivity index (χ3n) is 8.03. The highest BCUT2D eigenvalue weighted by Gasteiger charge is 2.36. The molecular weight excluding hydrogens is 588 g/mol. The predicted molar refractivity (Wildman–Crippen MR) is 156 cm³/mol. The Hall–Kier alpha value is -3.78. The van der Waals surface area contributed by atoms with Gasteiger partial charge in [-0.25, -0.2) is 9.37 Å². The highest BCUT2D eigenvalue weighted by molar-refractivity contribution is 7.16. The number of alkyl halides is 3. The van der Waals surface area contributed by atoms with Crippen LogP contribution in [0, 0.1) is 11.7 Å². The van der Waals surface area contributed by atoms with E-state index in [2.05, 4.69) is 20.2 Å². The van der Waals surface area contributed by atoms with E-state index in [1.807, 2.05) is 25.8 Å². The number of carbonyl (C=O) groups is 2. The van der Waals surface area contributed by atoms with Crippen LogP contribution in [0.4, 0.5) is 28.9 Å². The highest BCUT2D eigenvalue weighted by Crippen LogP contribution is 2.38. The quantitative estimate of drug-likeness (QED) is 0.364. The molecule has 1 saturated heterocycles. The normalized spacial score (nSPS) is 19.4. The van der Waals surface area contributed by atoms with E-state index in [1.54, 1.807) is 11.9 Å². The number of halogens is 4. The van der Waals surface area contributed by atoms with E-state index < -0.39 is 34.6 Å². The van der Waals surface area contributed by atoms with Crippen molar-refractivity contribution in [3.05, 3.63) is 62.8 Å². The second-order valence-electron chi connectivity index (χ2n) is 11.4. The topological polar surface area (TPSA) is 102 Å². The molecule has 9 nitrogen and oxygen atoms in total. The zero-order valence-electron chi connectivity index (χ0n) is 24.1. The molecule has 1 aliphatic heterocycles. The predicted octanol–water partition coefficient (Wildman–Crippen LogP) is 4.92. The molecule has 1 aliphatic carbocycles. The van der Waals surface area contributed by atoms with Crippen molar-refractivity contribution >= 4 is 34.5 Å². The fourth-order valence-electron chi connectivity index (χ4n) is 5.23. The smallest absolute Gasteiger partial charge is 0.367 e. The lowest BCUT2D eigenvalue weighted by molar-refractivity contribution is -0.138. The summed E-state index contributed by atoms with van der Waals surface area (Å²) in [7, 11) is 3.67. The van der Waals surface area contributed by atoms with Crippen molar-refractivity contribution in [1.29, 1.82) is 0 Å². The van der Waals surface area contributed by atoms with E-state index in [0.29, 0.717) is 42.7 Å². The maximum atomic E-state index is 15.7. The van der Waals surface area contributed by atoms with Crippen LogP contribution in [0.2, 0.25) is 0 Å². The lowest BCUT2D eigenvalue weighted by atomic mass is 10.1. The van der Waals surface area contributed by atoms with Gasteiger partial charge in [0.05, 0.1) is 28.7 Å². The van der Waals surface area contributed by atoms with Crippen molar-refractivity contribution in [1.82, 2.24) is 19.8 Å². The number of nitrogens with one attached hydrogen (secondary N) is 2. The minimum absolute atomic E-state index is 0.0133. The van der Waals surface area contributed by atoms with Gasteiger partial charge in [-0.05, 0) is 45.7 Å². The number of carbonyl (C=O) groups excluding carboxylic acids is 2. The Labute approximate surface area is 249 Å². The van der Waals surface area contributed by atoms with E-state index in [1.165, 1.54) is 18.3 Å². The first kappa shape index (κ1) is 30.7. The number of piperazine rings is 1. The Balaban J connectivity index is 1.53. The van der Waals surface area contributed by atoms with Crippen LogP contribution < -0.4 is 15.8 Å². The number of nitrogens with zero attached hydrogens (tertiary/aromatic N) is 4. The molecule has 1 aromatic carbocycles. The number of pyridine rings is 1. The van der Waals surface area contributed by atoms with Gasteiger partial charge < -0.3 is 20.1 Å². The number of hydrogen-bond donors (Lipinski definition) is 2. The lowest BCUT2D eigenvalue weighted by Crippen LogP contribution is -2.55. The van der Waals surface area contributed by atoms with E-state index in [-0.39, 0.29) is 39.9 Å². The van der Waals surface area contributed by atoms with Crippen molar-refractivity contribution in [2.24, 2.45) is 5.92 Å². The average Bonchev–Trinajstić information content (AvgIpc) is 3.62. The van der Waals surface area contributed by atoms with E-state index in [4.69, 9.17) is 0 Å². The molecule has 0 radical (unpaired) electrons. The molecule has 0 bridgehead atoms. The first-order valence-corrected chi connectivity index (χ1v) is 14.7. The minimum Gasteiger partial charge on any atom is -0.367 e. The molecular formula is C29H32F4N6O3S. The fourth-order valence-corrected chi connectivity index (χ4v) is 6.16. The molecule has 230 valence electrons. The zero-order valence-corrected chi connectivity index (χ0v) is 24.9. The molecule has 2 N–H and O–H groups in total. The third-order valence-corrected chi connectivity index (χ3v) is 9.05. The molecule has 14 heteroatoms. The number of benzene rings is 1. The fraction of sp³-hybridized carbons (Fsp3) is 0.448. The van der Waals surface area contributed by atoms with Gasteiger partial charge in [-0.15, -0.1) is 11.3 Å². The summed E-state index contributed by atoms with van der Waals surface area (Å²) in [6, 6.07) is 3.01. The standard InChI is InChI=1S/C29H32F4N6O3S/c1-15-12-39(13-16(2)38(15)4)23-9-21(30)18(27-35-11-24(43-27)28(42)37(3)14-17-5-6-17)7-22(23)36-26(41)19-10-34-25(40)8-20(19)29(31,32)33/h7-11,15-17H,5-6,12-14H2,1-4H3,(H,34,40)(H,36,41). The lowest BCUT2D eigenvalue weighted by Gasteiger charge is -2.44. The summed E-state index contributed by atoms with van der Waals surface area (Å²) < 4.78 is 56.9. The number of H-pyrrole nitrogens is 1. The molecule has 2 aromatic heterocycles. The Morgan fingerprint density at radius 1 is 1.16 bits per heavy atom. The summed E-state index contributed by atoms with van der Waals surface area (Å²) in [4.78, 5) is 50.2. The van der Waals surface area contributed by atoms with Crippen LogP contribution in [0.25, 0.3) is 10.6 Å². The number of hydrogen-bond acceptors (Lipinski definition) is 7. The third kappa shape index (κ3) is 6.59. The maximum absolute atomic E-state index is 15.7. The van der Waals surface area contributed by atoms with Crippen molar-refractivity contribution in [3.8, 4) is 10.6 Å². The number of aromatic nitrogens is 2. The molecule has 3 heterocycles. The summed E-state index contributed by atoms with van der Waals surface area (Å²) in [6.07, 6.45) is -0.729. The van der Waals surface area contributed by atoms with Crippen molar-refractivity contribution in [2.45, 2.75) is 44.9 Å². The van der Waals surface area contributed by atoms with Gasteiger partial charge in [0.1, 0.15) is 15.7 Å². The molecule has 2 aliphatic rings. The highest BCUT2D eigenvalue weighted by atomic mass is 32.1. The molecule has 2 fully saturated rings. The first-order chi connectivity index (χ1) is 20.2. The Morgan fingerprint density at radius 2 is 1.84 bits per heavy atom. The second kappa shape index (κ2) is 11.7. The number of rotatable bonds is 7. The second-order valence-corrected chi connectivity index (χ2v) is 12.4. The summed E-state index contributed by atoms with van der Waals surface area (Å²) in [5.41, 5.74) is -2.84. The molecule has 2 amide bonds. The van der Waals surface area contributed by atoms with Gasteiger partial charge >= 0.3 is 6.18 Å². The molecule has 43 heavy (non-hydrogen) atoms. The number of aromatic amines is 1. The number of thiazole rings is 1. The van der Waals surface area contributed by atoms with Crippen LogP contribution in [-0.2, 0) is 6.18 Å². The zero-order chi connectivity index (χ0) is 31.2. The van der Waals surface area contributed by atoms with Gasteiger partial charge in [0.25, 0.3) is 11.8 Å². The van der Waals surface area contributed by atoms with E-state index >= 15 is 4.39 Å². The van der Waals surface area contributed by atoms with Crippen molar-refractivity contribution in [3.63, 3.8) is 0 Å². The molecule has 5 rings (SSSR count). The number of amides is 2. The summed E-state index contributed by atoms with van der Waals surface area (Å²) in [5, 5.41) is 2.71. The molecule has 3 aromatic rings. The Morgan fingerprint density at radius 3 is 2.47 bits per heavy atom. The molecule has 2 unspecified atom stereocenters. The van der Waals surface area contributed by atoms with Crippen LogP contribution in [-0.4, -0.2) is 77.4 Å². The summed E-state index contributed by atoms with van der Waals surface area (Å²) >= 11 is 0.994. The molecule has 2 atom stereocenters. The summed E-state index contributed by atoms with van der Waals surface area (Å²) in [6.45, 7) is 5.56. The van der Waals surface area contributed by atoms with Gasteiger partial charge in [-0.1, -0.05) is 0 Å². The van der Waals surface area contributed by atoms with Gasteiger partial charge in [0.15, 0.2) is 0 Å². The number of likely N-dealkylation sites (N-methyl/N-ethyl adjacent to an activating group) is 1. The Kier molecular flexibility index (Phi) is 8.36. The molecule has 0 spiro atoms. The maximum Gasteiger partial charge on any atom is 0.417 e. The summed E-state index contributed by atoms with van der Waals surface area (Å²) in [5.74, 6) is -1.54. The van der Waals surface area contributed by atoms with Gasteiger partial charge in [-0.2, -0.15) is 13.2 Å². The van der Waals surface area contributed by atoms with Crippen LogP contribution in [0.5, 0.6) is 0 Å².